The molecule has 5 rings (SSSR count). The zero-order valence-corrected chi connectivity index (χ0v) is 19.0. The summed E-state index contributed by atoms with van der Waals surface area (Å²) in [6.07, 6.45) is 3.62. The van der Waals surface area contributed by atoms with Gasteiger partial charge in [-0.2, -0.15) is 0 Å². The number of rotatable bonds is 5. The van der Waals surface area contributed by atoms with Crippen LogP contribution in [0.2, 0.25) is 0 Å². The van der Waals surface area contributed by atoms with E-state index in [0.717, 1.165) is 39.2 Å². The summed E-state index contributed by atoms with van der Waals surface area (Å²) >= 11 is 3.08. The first kappa shape index (κ1) is 20.5. The van der Waals surface area contributed by atoms with Crippen molar-refractivity contribution in [2.24, 2.45) is 5.92 Å². The Labute approximate surface area is 189 Å². The number of hydrogen-bond acceptors (Lipinski definition) is 6. The molecule has 0 radical (unpaired) electrons. The highest BCUT2D eigenvalue weighted by atomic mass is 32.2. The van der Waals surface area contributed by atoms with Crippen LogP contribution in [0, 0.1) is 12.8 Å². The minimum absolute atomic E-state index is 0.0994. The van der Waals surface area contributed by atoms with Crippen molar-refractivity contribution in [3.63, 3.8) is 0 Å². The molecule has 2 aliphatic rings. The maximum atomic E-state index is 12.8. The third-order valence-electron chi connectivity index (χ3n) is 5.90. The summed E-state index contributed by atoms with van der Waals surface area (Å²) < 4.78 is 0. The zero-order chi connectivity index (χ0) is 21.4. The number of piperazine rings is 1. The van der Waals surface area contributed by atoms with Gasteiger partial charge in [-0.05, 0) is 25.3 Å². The van der Waals surface area contributed by atoms with Gasteiger partial charge < -0.3 is 9.80 Å². The van der Waals surface area contributed by atoms with E-state index in [1.165, 1.54) is 17.3 Å². The van der Waals surface area contributed by atoms with Gasteiger partial charge in [0, 0.05) is 43.0 Å². The summed E-state index contributed by atoms with van der Waals surface area (Å²) in [4.78, 5) is 38.7. The SMILES string of the molecule is Cc1ccc(-c2csc3ncnc(SCC(=O)N4CCN(C(=O)C5CC5)CC4)c23)cc1. The molecule has 0 bridgehead atoms. The fourth-order valence-corrected chi connectivity index (χ4v) is 5.78. The summed E-state index contributed by atoms with van der Waals surface area (Å²) in [5.41, 5.74) is 3.47. The average molecular weight is 453 g/mol. The van der Waals surface area contributed by atoms with Crippen LogP contribution >= 0.6 is 23.1 Å². The quantitative estimate of drug-likeness (QED) is 0.435. The maximum Gasteiger partial charge on any atom is 0.233 e. The number of hydrogen-bond donors (Lipinski definition) is 0. The molecule has 2 fully saturated rings. The van der Waals surface area contributed by atoms with Gasteiger partial charge >= 0.3 is 0 Å². The number of thioether (sulfide) groups is 1. The Morgan fingerprint density at radius 1 is 1.06 bits per heavy atom. The summed E-state index contributed by atoms with van der Waals surface area (Å²) in [5.74, 6) is 0.950. The Morgan fingerprint density at radius 2 is 1.77 bits per heavy atom. The van der Waals surface area contributed by atoms with Crippen LogP contribution in [0.4, 0.5) is 0 Å². The van der Waals surface area contributed by atoms with Crippen LogP contribution < -0.4 is 0 Å². The van der Waals surface area contributed by atoms with Gasteiger partial charge in [0.15, 0.2) is 0 Å². The zero-order valence-electron chi connectivity index (χ0n) is 17.4. The monoisotopic (exact) mass is 452 g/mol. The maximum absolute atomic E-state index is 12.8. The number of fused-ring (bicyclic) bond motifs is 1. The lowest BCUT2D eigenvalue weighted by Crippen LogP contribution is -2.51. The van der Waals surface area contributed by atoms with Crippen molar-refractivity contribution in [1.82, 2.24) is 19.8 Å². The highest BCUT2D eigenvalue weighted by molar-refractivity contribution is 8.00. The molecule has 2 amide bonds. The number of amides is 2. The standard InChI is InChI=1S/C23H24N4O2S2/c1-15-2-4-16(5-3-15)18-12-30-21-20(18)22(25-14-24-21)31-13-19(28)26-8-10-27(11-9-26)23(29)17-6-7-17/h2-5,12,14,17H,6-11,13H2,1H3. The minimum atomic E-state index is 0.0994. The van der Waals surface area contributed by atoms with E-state index >= 15 is 0 Å². The predicted octanol–water partition coefficient (Wildman–Crippen LogP) is 3.84. The molecule has 3 aromatic rings. The fourth-order valence-electron chi connectivity index (χ4n) is 3.89. The molecule has 0 unspecified atom stereocenters. The molecule has 8 heteroatoms. The van der Waals surface area contributed by atoms with Gasteiger partial charge in [-0.1, -0.05) is 41.6 Å². The summed E-state index contributed by atoms with van der Waals surface area (Å²) in [6.45, 7) is 4.60. The van der Waals surface area contributed by atoms with E-state index in [4.69, 9.17) is 0 Å². The summed E-state index contributed by atoms with van der Waals surface area (Å²) in [6, 6.07) is 8.44. The van der Waals surface area contributed by atoms with Crippen molar-refractivity contribution in [1.29, 1.82) is 0 Å². The number of carbonyl (C=O) groups excluding carboxylic acids is 2. The first-order valence-electron chi connectivity index (χ1n) is 10.6. The molecule has 1 saturated carbocycles. The normalized spacial score (nSPS) is 16.7. The molecule has 0 N–H and O–H groups in total. The van der Waals surface area contributed by atoms with Gasteiger partial charge in [-0.15, -0.1) is 11.3 Å². The number of carbonyl (C=O) groups is 2. The minimum Gasteiger partial charge on any atom is -0.339 e. The molecule has 1 aliphatic carbocycles. The molecule has 2 aromatic heterocycles. The third kappa shape index (κ3) is 4.32. The molecule has 1 aromatic carbocycles. The van der Waals surface area contributed by atoms with Gasteiger partial charge in [0.25, 0.3) is 0 Å². The third-order valence-corrected chi connectivity index (χ3v) is 7.76. The predicted molar refractivity (Wildman–Crippen MR) is 124 cm³/mol. The molecule has 1 aliphatic heterocycles. The van der Waals surface area contributed by atoms with Crippen molar-refractivity contribution >= 4 is 45.1 Å². The molecule has 3 heterocycles. The van der Waals surface area contributed by atoms with Crippen molar-refractivity contribution in [2.45, 2.75) is 24.8 Å². The Bertz CT molecular complexity index is 1120. The van der Waals surface area contributed by atoms with Crippen LogP contribution in [0.5, 0.6) is 0 Å². The van der Waals surface area contributed by atoms with Crippen molar-refractivity contribution in [3.8, 4) is 11.1 Å². The van der Waals surface area contributed by atoms with Crippen LogP contribution in [-0.2, 0) is 9.59 Å². The van der Waals surface area contributed by atoms with E-state index in [2.05, 4.69) is 46.5 Å². The lowest BCUT2D eigenvalue weighted by molar-refractivity contribution is -0.139. The smallest absolute Gasteiger partial charge is 0.233 e. The first-order valence-corrected chi connectivity index (χ1v) is 12.5. The molecule has 0 spiro atoms. The largest absolute Gasteiger partial charge is 0.339 e. The second-order valence-corrected chi connectivity index (χ2v) is 9.97. The highest BCUT2D eigenvalue weighted by Gasteiger charge is 2.35. The second kappa shape index (κ2) is 8.59. The summed E-state index contributed by atoms with van der Waals surface area (Å²) in [7, 11) is 0. The Morgan fingerprint density at radius 3 is 2.48 bits per heavy atom. The molecule has 160 valence electrons. The summed E-state index contributed by atoms with van der Waals surface area (Å²) in [5, 5.41) is 3.98. The van der Waals surface area contributed by atoms with Crippen LogP contribution in [0.1, 0.15) is 18.4 Å². The van der Waals surface area contributed by atoms with Gasteiger partial charge in [-0.25, -0.2) is 9.97 Å². The Hall–Kier alpha value is -2.45. The Kier molecular flexibility index (Phi) is 5.67. The lowest BCUT2D eigenvalue weighted by atomic mass is 10.1. The van der Waals surface area contributed by atoms with E-state index < -0.39 is 0 Å². The topological polar surface area (TPSA) is 66.4 Å². The number of aromatic nitrogens is 2. The lowest BCUT2D eigenvalue weighted by Gasteiger charge is -2.34. The molecule has 6 nitrogen and oxygen atoms in total. The van der Waals surface area contributed by atoms with Gasteiger partial charge in [0.1, 0.15) is 16.2 Å². The van der Waals surface area contributed by atoms with Gasteiger partial charge in [-0.3, -0.25) is 9.59 Å². The van der Waals surface area contributed by atoms with Crippen LogP contribution in [0.25, 0.3) is 21.3 Å². The van der Waals surface area contributed by atoms with Crippen LogP contribution in [-0.4, -0.2) is 63.5 Å². The van der Waals surface area contributed by atoms with E-state index in [0.29, 0.717) is 31.9 Å². The molecule has 0 atom stereocenters. The number of thiophene rings is 1. The Balaban J connectivity index is 1.26. The molecular weight excluding hydrogens is 428 g/mol. The van der Waals surface area contributed by atoms with Gasteiger partial charge in [0.05, 0.1) is 11.1 Å². The second-order valence-electron chi connectivity index (χ2n) is 8.14. The molecule has 31 heavy (non-hydrogen) atoms. The van der Waals surface area contributed by atoms with Crippen molar-refractivity contribution in [2.75, 3.05) is 31.9 Å². The highest BCUT2D eigenvalue weighted by Crippen LogP contribution is 2.38. The van der Waals surface area contributed by atoms with E-state index in [-0.39, 0.29) is 17.7 Å². The number of nitrogens with zero attached hydrogens (tertiary/aromatic N) is 4. The molecular formula is C23H24N4O2S2. The van der Waals surface area contributed by atoms with E-state index in [9.17, 15) is 9.59 Å². The molecule has 1 saturated heterocycles. The van der Waals surface area contributed by atoms with Crippen LogP contribution in [0.3, 0.4) is 0 Å². The first-order chi connectivity index (χ1) is 15.1. The van der Waals surface area contributed by atoms with Crippen LogP contribution in [0.15, 0.2) is 41.0 Å². The fraction of sp³-hybridized carbons (Fsp3) is 0.391. The van der Waals surface area contributed by atoms with Gasteiger partial charge in [0.2, 0.25) is 11.8 Å². The van der Waals surface area contributed by atoms with Crippen molar-refractivity contribution in [3.05, 3.63) is 41.5 Å². The van der Waals surface area contributed by atoms with E-state index in [1.54, 1.807) is 17.7 Å². The van der Waals surface area contributed by atoms with Crippen molar-refractivity contribution < 1.29 is 9.59 Å². The number of aryl methyl sites for hydroxylation is 1. The van der Waals surface area contributed by atoms with E-state index in [1.807, 2.05) is 9.80 Å². The average Bonchev–Trinajstić information content (AvgIpc) is 3.56. The number of benzene rings is 1.